The maximum Gasteiger partial charge on any atom is 0.333 e. The molecule has 0 N–H and O–H groups in total. The number of benzene rings is 1. The highest BCUT2D eigenvalue weighted by atomic mass is 16.7. The van der Waals surface area contributed by atoms with Crippen LogP contribution in [-0.4, -0.2) is 31.6 Å². The molecule has 128 valence electrons. The van der Waals surface area contributed by atoms with Crippen LogP contribution in [0, 0.1) is 5.92 Å². The monoisotopic (exact) mass is 328 g/mol. The highest BCUT2D eigenvalue weighted by Crippen LogP contribution is 2.60. The molecule has 4 heteroatoms. The molecule has 4 nitrogen and oxygen atoms in total. The minimum absolute atomic E-state index is 0.237. The number of ether oxygens (including phenoxy) is 3. The van der Waals surface area contributed by atoms with Crippen molar-refractivity contribution in [3.63, 3.8) is 0 Å². The molecule has 1 saturated heterocycles. The molecule has 3 atom stereocenters. The lowest BCUT2D eigenvalue weighted by Crippen LogP contribution is -2.49. The Morgan fingerprint density at radius 3 is 2.71 bits per heavy atom. The standard InChI is InChI=1S/C20H24O4/c1-3-22-19(21)13(2)10-14-11-18-16-7-5-4-6-15(16)17(14)12-20(18)23-8-9-24-20/h4-7,14,17-18H,2-3,8-12H2,1H3/t14-,17+,18+/m0/s1. The molecule has 5 rings (SSSR count). The molecule has 1 aromatic carbocycles. The van der Waals surface area contributed by atoms with Crippen LogP contribution in [0.1, 0.15) is 49.1 Å². The minimum atomic E-state index is -0.458. The van der Waals surface area contributed by atoms with Crippen molar-refractivity contribution in [3.8, 4) is 0 Å². The molecule has 0 radical (unpaired) electrons. The van der Waals surface area contributed by atoms with Gasteiger partial charge in [-0.05, 0) is 42.7 Å². The minimum Gasteiger partial charge on any atom is -0.463 e. The second kappa shape index (κ2) is 6.01. The molecule has 1 spiro atoms. The topological polar surface area (TPSA) is 44.8 Å². The molecule has 1 aromatic rings. The second-order valence-corrected chi connectivity index (χ2v) is 7.02. The van der Waals surface area contributed by atoms with E-state index in [0.29, 0.717) is 43.7 Å². The Morgan fingerprint density at radius 1 is 1.29 bits per heavy atom. The van der Waals surface area contributed by atoms with E-state index in [4.69, 9.17) is 14.2 Å². The van der Waals surface area contributed by atoms with Crippen LogP contribution in [0.5, 0.6) is 0 Å². The number of carbonyl (C=O) groups excluding carboxylic acids is 1. The van der Waals surface area contributed by atoms with Crippen LogP contribution in [-0.2, 0) is 19.0 Å². The van der Waals surface area contributed by atoms with Crippen LogP contribution in [0.25, 0.3) is 0 Å². The zero-order chi connectivity index (χ0) is 16.7. The van der Waals surface area contributed by atoms with Crippen molar-refractivity contribution < 1.29 is 19.0 Å². The lowest BCUT2D eigenvalue weighted by molar-refractivity contribution is -0.207. The summed E-state index contributed by atoms with van der Waals surface area (Å²) >= 11 is 0. The number of rotatable bonds is 4. The fourth-order valence-electron chi connectivity index (χ4n) is 4.80. The van der Waals surface area contributed by atoms with E-state index in [0.717, 1.165) is 12.8 Å². The Labute approximate surface area is 142 Å². The summed E-state index contributed by atoms with van der Waals surface area (Å²) in [6.45, 7) is 7.52. The Morgan fingerprint density at radius 2 is 2.00 bits per heavy atom. The molecule has 1 heterocycles. The first-order valence-corrected chi connectivity index (χ1v) is 8.86. The first-order chi connectivity index (χ1) is 11.6. The number of hydrogen-bond acceptors (Lipinski definition) is 4. The highest BCUT2D eigenvalue weighted by Gasteiger charge is 2.57. The maximum atomic E-state index is 11.9. The molecule has 3 aliphatic carbocycles. The Balaban J connectivity index is 1.61. The third-order valence-corrected chi connectivity index (χ3v) is 5.76. The van der Waals surface area contributed by atoms with Gasteiger partial charge < -0.3 is 14.2 Å². The fourth-order valence-corrected chi connectivity index (χ4v) is 4.80. The van der Waals surface area contributed by atoms with Crippen molar-refractivity contribution in [1.29, 1.82) is 0 Å². The summed E-state index contributed by atoms with van der Waals surface area (Å²) in [5, 5.41) is 0. The molecule has 0 unspecified atom stereocenters. The molecule has 0 aromatic heterocycles. The van der Waals surface area contributed by atoms with E-state index in [1.807, 2.05) is 6.92 Å². The molecule has 2 fully saturated rings. The van der Waals surface area contributed by atoms with Crippen LogP contribution in [0.4, 0.5) is 0 Å². The molecular formula is C20H24O4. The molecular weight excluding hydrogens is 304 g/mol. The summed E-state index contributed by atoms with van der Waals surface area (Å²) < 4.78 is 17.3. The largest absolute Gasteiger partial charge is 0.463 e. The molecule has 1 aliphatic heterocycles. The van der Waals surface area contributed by atoms with Crippen molar-refractivity contribution in [2.75, 3.05) is 19.8 Å². The van der Waals surface area contributed by atoms with Gasteiger partial charge in [-0.25, -0.2) is 4.79 Å². The summed E-state index contributed by atoms with van der Waals surface area (Å²) in [6.07, 6.45) is 2.53. The van der Waals surface area contributed by atoms with Gasteiger partial charge in [-0.1, -0.05) is 30.8 Å². The van der Waals surface area contributed by atoms with Crippen LogP contribution < -0.4 is 0 Å². The van der Waals surface area contributed by atoms with E-state index in [-0.39, 0.29) is 11.9 Å². The first-order valence-electron chi connectivity index (χ1n) is 8.86. The van der Waals surface area contributed by atoms with Gasteiger partial charge in [-0.3, -0.25) is 0 Å². The van der Waals surface area contributed by atoms with Crippen LogP contribution in [0.3, 0.4) is 0 Å². The van der Waals surface area contributed by atoms with E-state index in [1.165, 1.54) is 11.1 Å². The van der Waals surface area contributed by atoms with Crippen LogP contribution in [0.2, 0.25) is 0 Å². The van der Waals surface area contributed by atoms with E-state index in [2.05, 4.69) is 30.8 Å². The number of fused-ring (bicyclic) bond motifs is 1. The lowest BCUT2D eigenvalue weighted by atomic mass is 9.58. The van der Waals surface area contributed by atoms with E-state index >= 15 is 0 Å². The summed E-state index contributed by atoms with van der Waals surface area (Å²) in [7, 11) is 0. The Bertz CT molecular complexity index is 659. The maximum absolute atomic E-state index is 11.9. The van der Waals surface area contributed by atoms with Gasteiger partial charge in [0.1, 0.15) is 0 Å². The van der Waals surface area contributed by atoms with E-state index in [9.17, 15) is 4.79 Å². The third-order valence-electron chi connectivity index (χ3n) is 5.76. The second-order valence-electron chi connectivity index (χ2n) is 7.02. The van der Waals surface area contributed by atoms with Gasteiger partial charge in [0.05, 0.1) is 19.8 Å². The quantitative estimate of drug-likeness (QED) is 0.626. The van der Waals surface area contributed by atoms with Gasteiger partial charge in [0.15, 0.2) is 5.79 Å². The Kier molecular flexibility index (Phi) is 3.97. The smallest absolute Gasteiger partial charge is 0.333 e. The fraction of sp³-hybridized carbons (Fsp3) is 0.550. The molecule has 2 bridgehead atoms. The predicted octanol–water partition coefficient (Wildman–Crippen LogP) is 3.53. The number of carbonyl (C=O) groups is 1. The van der Waals surface area contributed by atoms with Crippen LogP contribution in [0.15, 0.2) is 36.4 Å². The third kappa shape index (κ3) is 2.40. The van der Waals surface area contributed by atoms with Crippen molar-refractivity contribution in [2.24, 2.45) is 5.92 Å². The van der Waals surface area contributed by atoms with Gasteiger partial charge in [0.2, 0.25) is 0 Å². The van der Waals surface area contributed by atoms with Gasteiger partial charge in [0.25, 0.3) is 0 Å². The number of hydrogen-bond donors (Lipinski definition) is 0. The SMILES string of the molecule is C=C(C[C@H]1C[C@@H]2c3ccccc3[C@@H]1CC21OCCO1)C(=O)OCC. The molecule has 1 saturated carbocycles. The molecule has 4 aliphatic rings. The number of esters is 1. The Hall–Kier alpha value is -1.65. The summed E-state index contributed by atoms with van der Waals surface area (Å²) in [6, 6.07) is 8.61. The predicted molar refractivity (Wildman–Crippen MR) is 89.7 cm³/mol. The van der Waals surface area contributed by atoms with Gasteiger partial charge in [0, 0.05) is 17.9 Å². The van der Waals surface area contributed by atoms with Crippen LogP contribution >= 0.6 is 0 Å². The normalized spacial score (nSPS) is 29.5. The van der Waals surface area contributed by atoms with Gasteiger partial charge in [-0.15, -0.1) is 0 Å². The summed E-state index contributed by atoms with van der Waals surface area (Å²) in [4.78, 5) is 11.9. The zero-order valence-corrected chi connectivity index (χ0v) is 14.1. The summed E-state index contributed by atoms with van der Waals surface area (Å²) in [5.74, 6) is 0.244. The molecule has 24 heavy (non-hydrogen) atoms. The van der Waals surface area contributed by atoms with Crippen molar-refractivity contribution >= 4 is 5.97 Å². The molecule has 0 amide bonds. The average Bonchev–Trinajstić information content (AvgIpc) is 3.05. The van der Waals surface area contributed by atoms with Crippen molar-refractivity contribution in [3.05, 3.63) is 47.5 Å². The van der Waals surface area contributed by atoms with E-state index in [1.54, 1.807) is 0 Å². The van der Waals surface area contributed by atoms with Gasteiger partial charge >= 0.3 is 5.97 Å². The highest BCUT2D eigenvalue weighted by molar-refractivity contribution is 5.87. The van der Waals surface area contributed by atoms with E-state index < -0.39 is 5.79 Å². The zero-order valence-electron chi connectivity index (χ0n) is 14.1. The lowest BCUT2D eigenvalue weighted by Gasteiger charge is -2.52. The summed E-state index contributed by atoms with van der Waals surface area (Å²) in [5.41, 5.74) is 3.32. The first kappa shape index (κ1) is 15.9. The van der Waals surface area contributed by atoms with Gasteiger partial charge in [-0.2, -0.15) is 0 Å². The average molecular weight is 328 g/mol. The van der Waals surface area contributed by atoms with Crippen molar-refractivity contribution in [2.45, 2.75) is 43.8 Å². The van der Waals surface area contributed by atoms with Crippen molar-refractivity contribution in [1.82, 2.24) is 0 Å².